The molecule has 0 atom stereocenters. The van der Waals surface area contributed by atoms with Crippen molar-refractivity contribution in [1.29, 1.82) is 0 Å². The van der Waals surface area contributed by atoms with Gasteiger partial charge < -0.3 is 14.5 Å². The van der Waals surface area contributed by atoms with E-state index in [4.69, 9.17) is 9.47 Å². The largest absolute Gasteiger partial charge is 0.493 e. The van der Waals surface area contributed by atoms with Crippen molar-refractivity contribution in [2.24, 2.45) is 0 Å². The van der Waals surface area contributed by atoms with Crippen LogP contribution in [0, 0.1) is 0 Å². The number of ether oxygens (including phenoxy) is 2. The van der Waals surface area contributed by atoms with Gasteiger partial charge in [-0.3, -0.25) is 0 Å². The minimum absolute atomic E-state index is 0.666. The van der Waals surface area contributed by atoms with Gasteiger partial charge >= 0.3 is 0 Å². The molecule has 0 aliphatic rings. The van der Waals surface area contributed by atoms with Gasteiger partial charge in [-0.15, -0.1) is 0 Å². The number of aromatic amines is 1. The highest BCUT2D eigenvalue weighted by atomic mass is 16.5. The number of aromatic nitrogens is 5. The first kappa shape index (κ1) is 14.3. The van der Waals surface area contributed by atoms with Crippen LogP contribution in [0.1, 0.15) is 0 Å². The molecule has 0 fully saturated rings. The van der Waals surface area contributed by atoms with E-state index in [0.717, 1.165) is 28.1 Å². The predicted molar refractivity (Wildman–Crippen MR) is 89.6 cm³/mol. The molecule has 4 rings (SSSR count). The van der Waals surface area contributed by atoms with Crippen molar-refractivity contribution < 1.29 is 9.47 Å². The fourth-order valence-electron chi connectivity index (χ4n) is 2.60. The third-order valence-electron chi connectivity index (χ3n) is 3.81. The summed E-state index contributed by atoms with van der Waals surface area (Å²) in [6.07, 6.45) is 3.16. The van der Waals surface area contributed by atoms with E-state index in [0.29, 0.717) is 11.5 Å². The summed E-state index contributed by atoms with van der Waals surface area (Å²) in [6.45, 7) is 0. The Morgan fingerprint density at radius 2 is 1.88 bits per heavy atom. The third kappa shape index (κ3) is 2.36. The number of H-pyrrole nitrogens is 1. The van der Waals surface area contributed by atoms with Crippen LogP contribution in [0.15, 0.2) is 49.1 Å². The Bertz CT molecular complexity index is 992. The molecule has 7 heteroatoms. The lowest BCUT2D eigenvalue weighted by atomic mass is 10.2. The summed E-state index contributed by atoms with van der Waals surface area (Å²) in [5.41, 5.74) is 3.63. The van der Waals surface area contributed by atoms with E-state index in [9.17, 15) is 0 Å². The first-order valence-electron chi connectivity index (χ1n) is 7.35. The molecule has 4 aromatic rings. The first-order chi connectivity index (χ1) is 11.8. The number of hydrogen-bond acceptors (Lipinski definition) is 5. The summed E-state index contributed by atoms with van der Waals surface area (Å²) in [6, 6.07) is 11.6. The fourth-order valence-corrected chi connectivity index (χ4v) is 2.60. The highest BCUT2D eigenvalue weighted by molar-refractivity contribution is 5.81. The summed E-state index contributed by atoms with van der Waals surface area (Å²) < 4.78 is 12.3. The van der Waals surface area contributed by atoms with Gasteiger partial charge in [0.25, 0.3) is 0 Å². The Balaban J connectivity index is 1.78. The van der Waals surface area contributed by atoms with Crippen LogP contribution in [0.3, 0.4) is 0 Å². The van der Waals surface area contributed by atoms with Crippen molar-refractivity contribution >= 4 is 11.0 Å². The van der Waals surface area contributed by atoms with Crippen LogP contribution in [0.25, 0.3) is 28.1 Å². The molecule has 0 amide bonds. The molecule has 0 saturated carbocycles. The SMILES string of the molecule is COc1ccc(-c2nc3cc(-n4cncn4)ccc3[nH]2)cc1OC. The summed E-state index contributed by atoms with van der Waals surface area (Å²) in [5.74, 6) is 2.12. The van der Waals surface area contributed by atoms with Crippen LogP contribution < -0.4 is 9.47 Å². The normalized spacial score (nSPS) is 10.9. The molecule has 0 radical (unpaired) electrons. The topological polar surface area (TPSA) is 77.9 Å². The number of rotatable bonds is 4. The van der Waals surface area contributed by atoms with Crippen molar-refractivity contribution in [3.05, 3.63) is 49.1 Å². The molecule has 0 saturated heterocycles. The number of nitrogens with one attached hydrogen (secondary N) is 1. The van der Waals surface area contributed by atoms with Crippen LogP contribution in [-0.2, 0) is 0 Å². The Kier molecular flexibility index (Phi) is 3.38. The molecule has 0 unspecified atom stereocenters. The van der Waals surface area contributed by atoms with Gasteiger partial charge in [0.05, 0.1) is 30.9 Å². The van der Waals surface area contributed by atoms with Crippen LogP contribution in [0.4, 0.5) is 0 Å². The Morgan fingerprint density at radius 3 is 2.62 bits per heavy atom. The third-order valence-corrected chi connectivity index (χ3v) is 3.81. The molecular weight excluding hydrogens is 306 g/mol. The van der Waals surface area contributed by atoms with Crippen LogP contribution in [0.5, 0.6) is 11.5 Å². The minimum atomic E-state index is 0.666. The van der Waals surface area contributed by atoms with Crippen LogP contribution in [0.2, 0.25) is 0 Å². The molecule has 0 bridgehead atoms. The lowest BCUT2D eigenvalue weighted by Crippen LogP contribution is -1.93. The van der Waals surface area contributed by atoms with Crippen molar-refractivity contribution in [1.82, 2.24) is 24.7 Å². The second-order valence-electron chi connectivity index (χ2n) is 5.20. The van der Waals surface area contributed by atoms with Crippen molar-refractivity contribution in [2.45, 2.75) is 0 Å². The van der Waals surface area contributed by atoms with E-state index < -0.39 is 0 Å². The molecule has 120 valence electrons. The Hall–Kier alpha value is -3.35. The average molecular weight is 321 g/mol. The number of nitrogens with zero attached hydrogens (tertiary/aromatic N) is 4. The van der Waals surface area contributed by atoms with Gasteiger partial charge in [0, 0.05) is 5.56 Å². The molecule has 0 spiro atoms. The van der Waals surface area contributed by atoms with Gasteiger partial charge in [0.2, 0.25) is 0 Å². The number of imidazole rings is 1. The number of methoxy groups -OCH3 is 2. The molecule has 2 heterocycles. The number of benzene rings is 2. The van der Waals surface area contributed by atoms with Crippen molar-refractivity contribution in [2.75, 3.05) is 14.2 Å². The molecule has 2 aromatic heterocycles. The van der Waals surface area contributed by atoms with Gasteiger partial charge in [-0.05, 0) is 36.4 Å². The van der Waals surface area contributed by atoms with Crippen molar-refractivity contribution in [3.63, 3.8) is 0 Å². The average Bonchev–Trinajstić information content (AvgIpc) is 3.29. The minimum Gasteiger partial charge on any atom is -0.493 e. The zero-order valence-corrected chi connectivity index (χ0v) is 13.2. The van der Waals surface area contributed by atoms with Gasteiger partial charge in [-0.1, -0.05) is 0 Å². The molecule has 2 aromatic carbocycles. The fraction of sp³-hybridized carbons (Fsp3) is 0.118. The van der Waals surface area contributed by atoms with Crippen molar-refractivity contribution in [3.8, 4) is 28.6 Å². The van der Waals surface area contributed by atoms with E-state index >= 15 is 0 Å². The van der Waals surface area contributed by atoms with Gasteiger partial charge in [0.1, 0.15) is 18.5 Å². The first-order valence-corrected chi connectivity index (χ1v) is 7.35. The monoisotopic (exact) mass is 321 g/mol. The predicted octanol–water partition coefficient (Wildman–Crippen LogP) is 2.83. The second kappa shape index (κ2) is 5.69. The summed E-state index contributed by atoms with van der Waals surface area (Å²) in [4.78, 5) is 12.0. The van der Waals surface area contributed by atoms with Gasteiger partial charge in [0.15, 0.2) is 11.5 Å². The Labute approximate surface area is 137 Å². The summed E-state index contributed by atoms with van der Waals surface area (Å²) >= 11 is 0. The standard InChI is InChI=1S/C17H15N5O2/c1-23-15-6-3-11(7-16(15)24-2)17-20-13-5-4-12(8-14(13)21-17)22-10-18-9-19-22/h3-10H,1-2H3,(H,20,21). The Morgan fingerprint density at radius 1 is 1.00 bits per heavy atom. The molecule has 7 nitrogen and oxygen atoms in total. The van der Waals surface area contributed by atoms with Gasteiger partial charge in [-0.2, -0.15) is 5.10 Å². The zero-order valence-electron chi connectivity index (χ0n) is 13.2. The molecule has 1 N–H and O–H groups in total. The second-order valence-corrected chi connectivity index (χ2v) is 5.20. The number of fused-ring (bicyclic) bond motifs is 1. The highest BCUT2D eigenvalue weighted by Gasteiger charge is 2.10. The maximum absolute atomic E-state index is 5.36. The van der Waals surface area contributed by atoms with E-state index in [1.54, 1.807) is 25.2 Å². The zero-order chi connectivity index (χ0) is 16.5. The lowest BCUT2D eigenvalue weighted by Gasteiger charge is -2.08. The lowest BCUT2D eigenvalue weighted by molar-refractivity contribution is 0.355. The van der Waals surface area contributed by atoms with E-state index in [1.165, 1.54) is 6.33 Å². The summed E-state index contributed by atoms with van der Waals surface area (Å²) in [5, 5.41) is 4.14. The maximum Gasteiger partial charge on any atom is 0.161 e. The number of hydrogen-bond donors (Lipinski definition) is 1. The molecule has 0 aliphatic heterocycles. The smallest absolute Gasteiger partial charge is 0.161 e. The molecular formula is C17H15N5O2. The van der Waals surface area contributed by atoms with Gasteiger partial charge in [-0.25, -0.2) is 14.6 Å². The van der Waals surface area contributed by atoms with E-state index in [2.05, 4.69) is 20.1 Å². The van der Waals surface area contributed by atoms with Crippen LogP contribution >= 0.6 is 0 Å². The van der Waals surface area contributed by atoms with Crippen LogP contribution in [-0.4, -0.2) is 39.0 Å². The molecule has 24 heavy (non-hydrogen) atoms. The highest BCUT2D eigenvalue weighted by Crippen LogP contribution is 2.32. The quantitative estimate of drug-likeness (QED) is 0.625. The van der Waals surface area contributed by atoms with E-state index in [-0.39, 0.29) is 0 Å². The molecule has 0 aliphatic carbocycles. The maximum atomic E-state index is 5.36. The summed E-state index contributed by atoms with van der Waals surface area (Å²) in [7, 11) is 3.23. The van der Waals surface area contributed by atoms with E-state index in [1.807, 2.05) is 36.4 Å².